The molecular formula is C62H67N3O13. The van der Waals surface area contributed by atoms with Gasteiger partial charge < -0.3 is 47.4 Å². The monoisotopic (exact) mass is 1060 g/mol. The van der Waals surface area contributed by atoms with Gasteiger partial charge >= 0.3 is 17.9 Å². The topological polar surface area (TPSA) is 192 Å². The molecule has 16 heteroatoms. The van der Waals surface area contributed by atoms with Crippen LogP contribution in [0.25, 0.3) is 10.4 Å². The standard InChI is InChI=1S/C62H67N3O13/c1-2-3-4-5-6-25-38-69-61-56(72-42-46-30-17-9-18-31-46)54(71-41-45-28-15-8-16-29-45)52(70-40-44-26-13-7-14-27-44)51(75-61)43-73-62-57(78-60(68)49-36-23-12-24-37-49)55(77-59(67)48-34-21-11-22-35-48)53(50(74-62)39-64-65-63)76-58(66)47-32-19-10-20-33-47/h7-24,26-37,50-57,61-62H,2-6,25,38-43H2,1H3/t50-,51-,52-,53-,54+,55+,56+,57+,61+,62+/m1/s1. The molecule has 0 spiro atoms. The molecule has 0 N–H and O–H groups in total. The normalized spacial score (nSPS) is 22.8. The lowest BCUT2D eigenvalue weighted by Crippen LogP contribution is -2.64. The zero-order valence-corrected chi connectivity index (χ0v) is 43.7. The molecule has 2 fully saturated rings. The van der Waals surface area contributed by atoms with Crippen molar-refractivity contribution in [3.63, 3.8) is 0 Å². The molecule has 0 radical (unpaired) electrons. The SMILES string of the molecule is CCCCCCCCO[C@H]1O[C@H](CO[C@H]2O[C@H](CN=[N+]=[N-])[C@@H](OC(=O)c3ccccc3)[C@H](OC(=O)c3ccccc3)[C@@H]2OC(=O)c2ccccc2)[C@@H](OCc2ccccc2)[C@H](OCc2ccccc2)[C@@H]1OCc1ccccc1. The first-order chi connectivity index (χ1) is 38.4. The molecular weight excluding hydrogens is 995 g/mol. The fraction of sp³-hybridized carbons (Fsp3) is 0.371. The fourth-order valence-electron chi connectivity index (χ4n) is 9.26. The molecule has 2 aliphatic rings. The number of hydrogen-bond donors (Lipinski definition) is 0. The maximum absolute atomic E-state index is 14.3. The molecule has 0 bridgehead atoms. The Morgan fingerprint density at radius 2 is 0.833 bits per heavy atom. The molecule has 10 atom stereocenters. The van der Waals surface area contributed by atoms with E-state index in [1.807, 2.05) is 91.0 Å². The van der Waals surface area contributed by atoms with E-state index >= 15 is 0 Å². The van der Waals surface area contributed by atoms with Crippen LogP contribution in [-0.4, -0.2) is 99.1 Å². The average Bonchev–Trinajstić information content (AvgIpc) is 3.55. The van der Waals surface area contributed by atoms with Crippen molar-refractivity contribution in [1.29, 1.82) is 0 Å². The van der Waals surface area contributed by atoms with Gasteiger partial charge in [-0.1, -0.05) is 190 Å². The summed E-state index contributed by atoms with van der Waals surface area (Å²) >= 11 is 0. The zero-order chi connectivity index (χ0) is 54.2. The summed E-state index contributed by atoms with van der Waals surface area (Å²) in [7, 11) is 0. The molecule has 6 aromatic rings. The van der Waals surface area contributed by atoms with Crippen molar-refractivity contribution in [2.45, 2.75) is 127 Å². The molecule has 0 saturated carbocycles. The van der Waals surface area contributed by atoms with Crippen molar-refractivity contribution in [1.82, 2.24) is 0 Å². The summed E-state index contributed by atoms with van der Waals surface area (Å²) in [6.45, 7) is 2.33. The lowest BCUT2D eigenvalue weighted by Gasteiger charge is -2.47. The smallest absolute Gasteiger partial charge is 0.338 e. The minimum absolute atomic E-state index is 0.142. The molecule has 16 nitrogen and oxygen atoms in total. The molecule has 0 aliphatic carbocycles. The highest BCUT2D eigenvalue weighted by Crippen LogP contribution is 2.35. The average molecular weight is 1060 g/mol. The first kappa shape index (κ1) is 56.9. The first-order valence-electron chi connectivity index (χ1n) is 26.7. The Kier molecular flexibility index (Phi) is 22.4. The van der Waals surface area contributed by atoms with Gasteiger partial charge in [0.15, 0.2) is 30.9 Å². The minimum Gasteiger partial charge on any atom is -0.452 e. The van der Waals surface area contributed by atoms with Crippen LogP contribution in [0.4, 0.5) is 0 Å². The highest BCUT2D eigenvalue weighted by atomic mass is 16.8. The Labute approximate surface area is 455 Å². The van der Waals surface area contributed by atoms with Crippen molar-refractivity contribution >= 4 is 17.9 Å². The minimum atomic E-state index is -1.62. The van der Waals surface area contributed by atoms with Gasteiger partial charge in [0.25, 0.3) is 0 Å². The van der Waals surface area contributed by atoms with Crippen molar-refractivity contribution in [2.75, 3.05) is 19.8 Å². The van der Waals surface area contributed by atoms with Gasteiger partial charge in [0.1, 0.15) is 30.5 Å². The van der Waals surface area contributed by atoms with E-state index in [2.05, 4.69) is 16.9 Å². The molecule has 8 rings (SSSR count). The van der Waals surface area contributed by atoms with Crippen molar-refractivity contribution in [2.24, 2.45) is 5.11 Å². The van der Waals surface area contributed by atoms with Crippen LogP contribution in [0.1, 0.15) is 93.2 Å². The predicted molar refractivity (Wildman–Crippen MR) is 289 cm³/mol. The van der Waals surface area contributed by atoms with Gasteiger partial charge in [0.05, 0.1) is 49.7 Å². The van der Waals surface area contributed by atoms with Gasteiger partial charge in [-0.2, -0.15) is 0 Å². The Bertz CT molecular complexity index is 2760. The third-order valence-electron chi connectivity index (χ3n) is 13.3. The van der Waals surface area contributed by atoms with Crippen LogP contribution in [0.15, 0.2) is 187 Å². The molecule has 2 saturated heterocycles. The largest absolute Gasteiger partial charge is 0.452 e. The maximum atomic E-state index is 14.3. The Hall–Kier alpha value is -7.24. The summed E-state index contributed by atoms with van der Waals surface area (Å²) in [5.41, 5.74) is 12.9. The Balaban J connectivity index is 1.18. The molecule has 0 aromatic heterocycles. The van der Waals surface area contributed by atoms with Gasteiger partial charge in [-0.25, -0.2) is 14.4 Å². The van der Waals surface area contributed by atoms with E-state index in [4.69, 9.17) is 47.4 Å². The second-order valence-corrected chi connectivity index (χ2v) is 19.0. The van der Waals surface area contributed by atoms with Crippen LogP contribution >= 0.6 is 0 Å². The van der Waals surface area contributed by atoms with Crippen LogP contribution in [-0.2, 0) is 67.2 Å². The van der Waals surface area contributed by atoms with Crippen LogP contribution in [0.3, 0.4) is 0 Å². The van der Waals surface area contributed by atoms with Crippen molar-refractivity contribution in [3.8, 4) is 0 Å². The number of nitrogens with zero attached hydrogens (tertiary/aromatic N) is 3. The van der Waals surface area contributed by atoms with E-state index < -0.39 is 85.9 Å². The predicted octanol–water partition coefficient (Wildman–Crippen LogP) is 11.6. The number of rotatable bonds is 28. The van der Waals surface area contributed by atoms with Crippen molar-refractivity contribution in [3.05, 3.63) is 226 Å². The number of unbranched alkanes of at least 4 members (excludes halogenated alkanes) is 5. The van der Waals surface area contributed by atoms with Crippen LogP contribution in [0.5, 0.6) is 0 Å². The summed E-state index contributed by atoms with van der Waals surface area (Å²) < 4.78 is 66.6. The molecule has 0 amide bonds. The van der Waals surface area contributed by atoms with Gasteiger partial charge in [-0.15, -0.1) is 0 Å². The molecule has 2 heterocycles. The highest BCUT2D eigenvalue weighted by Gasteiger charge is 2.55. The van der Waals surface area contributed by atoms with Gasteiger partial charge in [0.2, 0.25) is 0 Å². The summed E-state index contributed by atoms with van der Waals surface area (Å²) in [5.74, 6) is -2.47. The summed E-state index contributed by atoms with van der Waals surface area (Å²) in [6, 6.07) is 53.8. The first-order valence-corrected chi connectivity index (χ1v) is 26.7. The van der Waals surface area contributed by atoms with Crippen LogP contribution < -0.4 is 0 Å². The number of hydrogen-bond acceptors (Lipinski definition) is 14. The number of carbonyl (C=O) groups excluding carboxylic acids is 3. The van der Waals surface area contributed by atoms with E-state index in [-0.39, 0.29) is 43.1 Å². The number of azide groups is 1. The summed E-state index contributed by atoms with van der Waals surface area (Å²) in [4.78, 5) is 45.5. The molecule has 78 heavy (non-hydrogen) atoms. The third-order valence-corrected chi connectivity index (χ3v) is 13.3. The van der Waals surface area contributed by atoms with E-state index in [1.54, 1.807) is 91.0 Å². The van der Waals surface area contributed by atoms with Crippen molar-refractivity contribution < 1.29 is 61.8 Å². The van der Waals surface area contributed by atoms with Gasteiger partial charge in [-0.05, 0) is 65.0 Å². The van der Waals surface area contributed by atoms with Crippen LogP contribution in [0, 0.1) is 0 Å². The molecule has 408 valence electrons. The molecule has 6 aromatic carbocycles. The molecule has 0 unspecified atom stereocenters. The second kappa shape index (κ2) is 30.6. The second-order valence-electron chi connectivity index (χ2n) is 19.0. The maximum Gasteiger partial charge on any atom is 0.338 e. The third kappa shape index (κ3) is 16.6. The number of esters is 3. The highest BCUT2D eigenvalue weighted by molar-refractivity contribution is 5.91. The Morgan fingerprint density at radius 1 is 0.436 bits per heavy atom. The molecule has 2 aliphatic heterocycles. The number of carbonyl (C=O) groups is 3. The van der Waals surface area contributed by atoms with E-state index in [0.717, 1.165) is 55.2 Å². The number of benzene rings is 6. The van der Waals surface area contributed by atoms with E-state index in [9.17, 15) is 19.9 Å². The number of ether oxygens (including phenoxy) is 10. The summed E-state index contributed by atoms with van der Waals surface area (Å²) in [6.07, 6.45) is -6.02. The fourth-order valence-corrected chi connectivity index (χ4v) is 9.26. The lowest BCUT2D eigenvalue weighted by molar-refractivity contribution is -0.342. The zero-order valence-electron chi connectivity index (χ0n) is 43.7. The van der Waals surface area contributed by atoms with Crippen LogP contribution in [0.2, 0.25) is 0 Å². The quantitative estimate of drug-likeness (QED) is 0.0113. The lowest BCUT2D eigenvalue weighted by atomic mass is 9.96. The summed E-state index contributed by atoms with van der Waals surface area (Å²) in [5, 5.41) is 3.82. The Morgan fingerprint density at radius 3 is 1.32 bits per heavy atom. The van der Waals surface area contributed by atoms with Gasteiger partial charge in [-0.3, -0.25) is 0 Å². The van der Waals surface area contributed by atoms with Gasteiger partial charge in [0, 0.05) is 11.5 Å². The van der Waals surface area contributed by atoms with E-state index in [1.165, 1.54) is 0 Å². The van der Waals surface area contributed by atoms with E-state index in [0.29, 0.717) is 6.61 Å².